The first-order valence-electron chi connectivity index (χ1n) is 7.67. The summed E-state index contributed by atoms with van der Waals surface area (Å²) in [5.74, 6) is -0.764. The molecule has 0 spiro atoms. The fourth-order valence-electron chi connectivity index (χ4n) is 2.62. The number of benzene rings is 2. The number of para-hydroxylation sites is 1. The van der Waals surface area contributed by atoms with E-state index in [4.69, 9.17) is 4.74 Å². The highest BCUT2D eigenvalue weighted by Crippen LogP contribution is 2.27. The van der Waals surface area contributed by atoms with Crippen molar-refractivity contribution in [2.45, 2.75) is 6.42 Å². The molecule has 1 aliphatic rings. The standard InChI is InChI=1S/C18H17FN2O3/c19-14-5-3-6-15(10-14)24-12-17(22)20-11-18(23)21-9-8-13-4-1-2-7-16(13)21/h1-7,10H,8-9,11-12H2,(H,20,22). The van der Waals surface area contributed by atoms with E-state index in [1.807, 2.05) is 24.3 Å². The van der Waals surface area contributed by atoms with Crippen LogP contribution in [-0.2, 0) is 16.0 Å². The van der Waals surface area contributed by atoms with Crippen molar-refractivity contribution in [3.63, 3.8) is 0 Å². The molecule has 2 aromatic carbocycles. The van der Waals surface area contributed by atoms with Gasteiger partial charge in [-0.25, -0.2) is 4.39 Å². The molecule has 0 saturated heterocycles. The van der Waals surface area contributed by atoms with Crippen LogP contribution in [0.25, 0.3) is 0 Å². The Labute approximate surface area is 139 Å². The van der Waals surface area contributed by atoms with E-state index in [0.717, 1.165) is 17.7 Å². The van der Waals surface area contributed by atoms with Crippen LogP contribution in [0.15, 0.2) is 48.5 Å². The van der Waals surface area contributed by atoms with Crippen molar-refractivity contribution in [3.05, 3.63) is 59.9 Å². The number of rotatable bonds is 5. The van der Waals surface area contributed by atoms with E-state index in [2.05, 4.69) is 5.32 Å². The quantitative estimate of drug-likeness (QED) is 0.912. The maximum absolute atomic E-state index is 13.0. The first kappa shape index (κ1) is 16.0. The summed E-state index contributed by atoms with van der Waals surface area (Å²) < 4.78 is 18.2. The van der Waals surface area contributed by atoms with Gasteiger partial charge >= 0.3 is 0 Å². The van der Waals surface area contributed by atoms with Crippen LogP contribution in [0, 0.1) is 5.82 Å². The zero-order valence-corrected chi connectivity index (χ0v) is 13.0. The van der Waals surface area contributed by atoms with Crippen LogP contribution in [0.2, 0.25) is 0 Å². The summed E-state index contributed by atoms with van der Waals surface area (Å²) in [7, 11) is 0. The molecule has 6 heteroatoms. The summed E-state index contributed by atoms with van der Waals surface area (Å²) in [4.78, 5) is 25.7. The maximum Gasteiger partial charge on any atom is 0.258 e. The van der Waals surface area contributed by atoms with E-state index in [0.29, 0.717) is 6.54 Å². The first-order valence-corrected chi connectivity index (χ1v) is 7.67. The lowest BCUT2D eigenvalue weighted by Crippen LogP contribution is -2.40. The largest absolute Gasteiger partial charge is 0.484 e. The van der Waals surface area contributed by atoms with E-state index >= 15 is 0 Å². The first-order chi connectivity index (χ1) is 11.6. The predicted octanol–water partition coefficient (Wildman–Crippen LogP) is 1.91. The average Bonchev–Trinajstić information content (AvgIpc) is 3.02. The van der Waals surface area contributed by atoms with Gasteiger partial charge in [0, 0.05) is 18.3 Å². The summed E-state index contributed by atoms with van der Waals surface area (Å²) in [6, 6.07) is 13.3. The zero-order valence-electron chi connectivity index (χ0n) is 13.0. The van der Waals surface area contributed by atoms with Crippen LogP contribution in [-0.4, -0.2) is 31.5 Å². The number of carbonyl (C=O) groups is 2. The van der Waals surface area contributed by atoms with Gasteiger partial charge < -0.3 is 15.0 Å². The van der Waals surface area contributed by atoms with E-state index in [1.54, 1.807) is 11.0 Å². The van der Waals surface area contributed by atoms with Crippen LogP contribution in [0.1, 0.15) is 5.56 Å². The lowest BCUT2D eigenvalue weighted by molar-refractivity contribution is -0.126. The minimum atomic E-state index is -0.434. The van der Waals surface area contributed by atoms with Crippen LogP contribution in [0.5, 0.6) is 5.75 Å². The predicted molar refractivity (Wildman–Crippen MR) is 87.4 cm³/mol. The number of nitrogens with one attached hydrogen (secondary N) is 1. The van der Waals surface area contributed by atoms with Crippen molar-refractivity contribution in [1.29, 1.82) is 0 Å². The number of fused-ring (bicyclic) bond motifs is 1. The number of carbonyl (C=O) groups excluding carboxylic acids is 2. The van der Waals surface area contributed by atoms with Gasteiger partial charge in [-0.2, -0.15) is 0 Å². The highest BCUT2D eigenvalue weighted by Gasteiger charge is 2.24. The molecule has 3 rings (SSSR count). The second-order valence-corrected chi connectivity index (χ2v) is 5.45. The Hall–Kier alpha value is -2.89. The van der Waals surface area contributed by atoms with Crippen molar-refractivity contribution in [1.82, 2.24) is 5.32 Å². The molecular weight excluding hydrogens is 311 g/mol. The SMILES string of the molecule is O=C(COc1cccc(F)c1)NCC(=O)N1CCc2ccccc21. The molecule has 1 N–H and O–H groups in total. The molecule has 0 aliphatic carbocycles. The van der Waals surface area contributed by atoms with Gasteiger partial charge in [0.1, 0.15) is 11.6 Å². The highest BCUT2D eigenvalue weighted by atomic mass is 19.1. The van der Waals surface area contributed by atoms with Crippen LogP contribution >= 0.6 is 0 Å². The zero-order chi connectivity index (χ0) is 16.9. The summed E-state index contributed by atoms with van der Waals surface area (Å²) in [6.07, 6.45) is 0.818. The van der Waals surface area contributed by atoms with Crippen LogP contribution < -0.4 is 15.0 Å². The van der Waals surface area contributed by atoms with Crippen molar-refractivity contribution in [2.24, 2.45) is 0 Å². The number of ether oxygens (including phenoxy) is 1. The third-order valence-electron chi connectivity index (χ3n) is 3.79. The van der Waals surface area contributed by atoms with Crippen molar-refractivity contribution in [2.75, 3.05) is 24.6 Å². The molecule has 0 saturated carbocycles. The molecule has 0 bridgehead atoms. The van der Waals surface area contributed by atoms with Crippen LogP contribution in [0.4, 0.5) is 10.1 Å². The highest BCUT2D eigenvalue weighted by molar-refractivity contribution is 5.98. The van der Waals surface area contributed by atoms with Gasteiger partial charge in [0.2, 0.25) is 5.91 Å². The molecule has 0 fully saturated rings. The van der Waals surface area contributed by atoms with E-state index in [-0.39, 0.29) is 24.8 Å². The fourth-order valence-corrected chi connectivity index (χ4v) is 2.62. The number of hydrogen-bond donors (Lipinski definition) is 1. The van der Waals surface area contributed by atoms with Gasteiger partial charge in [-0.3, -0.25) is 9.59 Å². The molecule has 0 radical (unpaired) electrons. The van der Waals surface area contributed by atoms with Gasteiger partial charge in [0.05, 0.1) is 6.54 Å². The summed E-state index contributed by atoms with van der Waals surface area (Å²) in [5.41, 5.74) is 2.03. The molecule has 1 aliphatic heterocycles. The van der Waals surface area contributed by atoms with E-state index in [1.165, 1.54) is 18.2 Å². The van der Waals surface area contributed by atoms with Crippen molar-refractivity contribution >= 4 is 17.5 Å². The van der Waals surface area contributed by atoms with Crippen LogP contribution in [0.3, 0.4) is 0 Å². The Balaban J connectivity index is 1.47. The Morgan fingerprint density at radius 1 is 1.17 bits per heavy atom. The molecule has 0 atom stereocenters. The van der Waals surface area contributed by atoms with Gasteiger partial charge in [0.15, 0.2) is 6.61 Å². The Morgan fingerprint density at radius 3 is 2.83 bits per heavy atom. The molecule has 24 heavy (non-hydrogen) atoms. The van der Waals surface area contributed by atoms with Gasteiger partial charge in [0.25, 0.3) is 5.91 Å². The topological polar surface area (TPSA) is 58.6 Å². The van der Waals surface area contributed by atoms with E-state index in [9.17, 15) is 14.0 Å². The summed E-state index contributed by atoms with van der Waals surface area (Å²) >= 11 is 0. The lowest BCUT2D eigenvalue weighted by atomic mass is 10.2. The third-order valence-corrected chi connectivity index (χ3v) is 3.79. The molecule has 1 heterocycles. The molecular formula is C18H17FN2O3. The number of amides is 2. The Bertz CT molecular complexity index is 763. The minimum Gasteiger partial charge on any atom is -0.484 e. The molecule has 5 nitrogen and oxygen atoms in total. The maximum atomic E-state index is 13.0. The second-order valence-electron chi connectivity index (χ2n) is 5.45. The lowest BCUT2D eigenvalue weighted by Gasteiger charge is -2.17. The summed E-state index contributed by atoms with van der Waals surface area (Å²) in [6.45, 7) is 0.251. The Morgan fingerprint density at radius 2 is 2.00 bits per heavy atom. The average molecular weight is 328 g/mol. The normalized spacial score (nSPS) is 12.6. The Kier molecular flexibility index (Phi) is 4.74. The van der Waals surface area contributed by atoms with Gasteiger partial charge in [-0.1, -0.05) is 24.3 Å². The third kappa shape index (κ3) is 3.71. The molecule has 124 valence electrons. The number of halogens is 1. The van der Waals surface area contributed by atoms with Crippen molar-refractivity contribution < 1.29 is 18.7 Å². The fraction of sp³-hybridized carbons (Fsp3) is 0.222. The minimum absolute atomic E-state index is 0.0975. The molecule has 2 aromatic rings. The van der Waals surface area contributed by atoms with E-state index < -0.39 is 11.7 Å². The second kappa shape index (κ2) is 7.12. The number of anilines is 1. The molecule has 2 amide bonds. The number of nitrogens with zero attached hydrogens (tertiary/aromatic N) is 1. The van der Waals surface area contributed by atoms with Crippen molar-refractivity contribution in [3.8, 4) is 5.75 Å². The van der Waals surface area contributed by atoms with Gasteiger partial charge in [-0.05, 0) is 30.2 Å². The van der Waals surface area contributed by atoms with Gasteiger partial charge in [-0.15, -0.1) is 0 Å². The number of hydrogen-bond acceptors (Lipinski definition) is 3. The monoisotopic (exact) mass is 328 g/mol. The molecule has 0 aromatic heterocycles. The smallest absolute Gasteiger partial charge is 0.258 e. The summed E-state index contributed by atoms with van der Waals surface area (Å²) in [5, 5.41) is 2.53. The molecule has 0 unspecified atom stereocenters.